The lowest BCUT2D eigenvalue weighted by Gasteiger charge is -2.07. The van der Waals surface area contributed by atoms with Crippen LogP contribution in [0.2, 0.25) is 0 Å². The summed E-state index contributed by atoms with van der Waals surface area (Å²) < 4.78 is 11.0. The van der Waals surface area contributed by atoms with Crippen molar-refractivity contribution in [3.8, 4) is 5.75 Å². The van der Waals surface area contributed by atoms with Gasteiger partial charge in [0.1, 0.15) is 5.75 Å². The predicted octanol–water partition coefficient (Wildman–Crippen LogP) is 3.67. The van der Waals surface area contributed by atoms with Crippen molar-refractivity contribution in [3.63, 3.8) is 0 Å². The molecule has 8 heteroatoms. The van der Waals surface area contributed by atoms with Gasteiger partial charge in [0.25, 0.3) is 0 Å². The Labute approximate surface area is 158 Å². The fourth-order valence-corrected chi connectivity index (χ4v) is 3.01. The number of hydrogen-bond donors (Lipinski definition) is 1. The minimum Gasteiger partial charge on any atom is -0.493 e. The molecule has 0 saturated heterocycles. The van der Waals surface area contributed by atoms with E-state index < -0.39 is 0 Å². The third-order valence-electron chi connectivity index (χ3n) is 3.02. The zero-order chi connectivity index (χ0) is 18.2. The standard InChI is InChI=1S/C17H17BrN2O4S/c1-3-24-14-6-5-12(18)8-11(14)4-7-15(21)20-17-19-13(10-25-17)9-16(22)23-2/h4-8,10H,3,9H2,1-2H3,(H,19,20,21)/b7-4+. The Kier molecular flexibility index (Phi) is 7.15. The number of hydrogen-bond acceptors (Lipinski definition) is 6. The molecular weight excluding hydrogens is 408 g/mol. The summed E-state index contributed by atoms with van der Waals surface area (Å²) in [6.07, 6.45) is 3.16. The molecule has 0 aliphatic rings. The van der Waals surface area contributed by atoms with Crippen LogP contribution in [-0.2, 0) is 20.7 Å². The molecule has 6 nitrogen and oxygen atoms in total. The number of aromatic nitrogens is 1. The molecule has 1 aromatic heterocycles. The van der Waals surface area contributed by atoms with E-state index in [9.17, 15) is 9.59 Å². The van der Waals surface area contributed by atoms with Crippen LogP contribution in [0.1, 0.15) is 18.2 Å². The first-order valence-electron chi connectivity index (χ1n) is 7.44. The number of anilines is 1. The Hall–Kier alpha value is -2.19. The molecule has 0 fully saturated rings. The van der Waals surface area contributed by atoms with Crippen LogP contribution in [-0.4, -0.2) is 30.6 Å². The van der Waals surface area contributed by atoms with Gasteiger partial charge in [-0.1, -0.05) is 15.9 Å². The van der Waals surface area contributed by atoms with Crippen LogP contribution in [0.25, 0.3) is 6.08 Å². The first kappa shape index (κ1) is 19.1. The topological polar surface area (TPSA) is 77.5 Å². The van der Waals surface area contributed by atoms with Crippen LogP contribution in [0.15, 0.2) is 34.1 Å². The molecule has 132 valence electrons. The molecular formula is C17H17BrN2O4S. The van der Waals surface area contributed by atoms with E-state index in [-0.39, 0.29) is 18.3 Å². The summed E-state index contributed by atoms with van der Waals surface area (Å²) in [5.41, 5.74) is 1.35. The number of halogens is 1. The number of methoxy groups -OCH3 is 1. The van der Waals surface area contributed by atoms with Crippen molar-refractivity contribution in [1.82, 2.24) is 4.98 Å². The lowest BCUT2D eigenvalue weighted by Crippen LogP contribution is -2.08. The van der Waals surface area contributed by atoms with E-state index in [0.29, 0.717) is 23.2 Å². The number of thiazole rings is 1. The second-order valence-electron chi connectivity index (χ2n) is 4.83. The minimum absolute atomic E-state index is 0.0778. The molecule has 2 aromatic rings. The summed E-state index contributed by atoms with van der Waals surface area (Å²) in [4.78, 5) is 27.4. The maximum atomic E-state index is 12.1. The quantitative estimate of drug-likeness (QED) is 0.541. The molecule has 0 spiro atoms. The monoisotopic (exact) mass is 424 g/mol. The number of carbonyl (C=O) groups is 2. The molecule has 0 aliphatic carbocycles. The van der Waals surface area contributed by atoms with Crippen molar-refractivity contribution < 1.29 is 19.1 Å². The highest BCUT2D eigenvalue weighted by molar-refractivity contribution is 9.10. The molecule has 0 bridgehead atoms. The minimum atomic E-state index is -0.374. The second kappa shape index (κ2) is 9.33. The molecule has 0 atom stereocenters. The van der Waals surface area contributed by atoms with Gasteiger partial charge in [0.2, 0.25) is 5.91 Å². The van der Waals surface area contributed by atoms with Gasteiger partial charge in [-0.2, -0.15) is 0 Å². The molecule has 0 unspecified atom stereocenters. The van der Waals surface area contributed by atoms with E-state index >= 15 is 0 Å². The number of nitrogens with zero attached hydrogens (tertiary/aromatic N) is 1. The van der Waals surface area contributed by atoms with Crippen molar-refractivity contribution in [2.45, 2.75) is 13.3 Å². The van der Waals surface area contributed by atoms with Crippen molar-refractivity contribution in [2.24, 2.45) is 0 Å². The third-order valence-corrected chi connectivity index (χ3v) is 4.32. The van der Waals surface area contributed by atoms with Crippen LogP contribution in [0.4, 0.5) is 5.13 Å². The van der Waals surface area contributed by atoms with E-state index in [1.807, 2.05) is 25.1 Å². The number of amides is 1. The summed E-state index contributed by atoms with van der Waals surface area (Å²) in [6.45, 7) is 2.44. The lowest BCUT2D eigenvalue weighted by atomic mass is 10.2. The second-order valence-corrected chi connectivity index (χ2v) is 6.61. The van der Waals surface area contributed by atoms with Gasteiger partial charge in [0.05, 0.1) is 25.8 Å². The zero-order valence-corrected chi connectivity index (χ0v) is 16.1. The number of ether oxygens (including phenoxy) is 2. The third kappa shape index (κ3) is 5.99. The Morgan fingerprint density at radius 2 is 2.20 bits per heavy atom. The Morgan fingerprint density at radius 1 is 1.40 bits per heavy atom. The van der Waals surface area contributed by atoms with Crippen LogP contribution in [0.5, 0.6) is 5.75 Å². The smallest absolute Gasteiger partial charge is 0.311 e. The molecule has 1 aromatic carbocycles. The fourth-order valence-electron chi connectivity index (χ4n) is 1.91. The maximum absolute atomic E-state index is 12.1. The van der Waals surface area contributed by atoms with E-state index in [1.165, 1.54) is 24.5 Å². The lowest BCUT2D eigenvalue weighted by molar-refractivity contribution is -0.139. The molecule has 25 heavy (non-hydrogen) atoms. The summed E-state index contributed by atoms with van der Waals surface area (Å²) in [7, 11) is 1.32. The number of esters is 1. The predicted molar refractivity (Wildman–Crippen MR) is 101 cm³/mol. The largest absolute Gasteiger partial charge is 0.493 e. The Bertz CT molecular complexity index is 789. The highest BCUT2D eigenvalue weighted by atomic mass is 79.9. The Morgan fingerprint density at radius 3 is 2.92 bits per heavy atom. The van der Waals surface area contributed by atoms with Gasteiger partial charge in [0.15, 0.2) is 5.13 Å². The molecule has 1 heterocycles. The Balaban J connectivity index is 2.01. The number of nitrogens with one attached hydrogen (secondary N) is 1. The zero-order valence-electron chi connectivity index (χ0n) is 13.7. The van der Waals surface area contributed by atoms with E-state index in [2.05, 4.69) is 31.0 Å². The first-order valence-corrected chi connectivity index (χ1v) is 9.11. The first-order chi connectivity index (χ1) is 12.0. The molecule has 0 aliphatic heterocycles. The normalized spacial score (nSPS) is 10.7. The van der Waals surface area contributed by atoms with Gasteiger partial charge in [0, 0.05) is 21.5 Å². The average molecular weight is 425 g/mol. The van der Waals surface area contributed by atoms with E-state index in [4.69, 9.17) is 4.74 Å². The number of benzene rings is 1. The van der Waals surface area contributed by atoms with Gasteiger partial charge in [-0.05, 0) is 31.2 Å². The fraction of sp³-hybridized carbons (Fsp3) is 0.235. The highest BCUT2D eigenvalue weighted by Crippen LogP contribution is 2.24. The number of carbonyl (C=O) groups excluding carboxylic acids is 2. The van der Waals surface area contributed by atoms with Gasteiger partial charge in [-0.3, -0.25) is 14.9 Å². The molecule has 1 N–H and O–H groups in total. The van der Waals surface area contributed by atoms with Crippen molar-refractivity contribution in [1.29, 1.82) is 0 Å². The summed E-state index contributed by atoms with van der Waals surface area (Å²) in [5.74, 6) is 0.00642. The summed E-state index contributed by atoms with van der Waals surface area (Å²) in [5, 5.41) is 4.80. The van der Waals surface area contributed by atoms with Crippen LogP contribution in [0.3, 0.4) is 0 Å². The molecule has 0 radical (unpaired) electrons. The van der Waals surface area contributed by atoms with Gasteiger partial charge < -0.3 is 9.47 Å². The summed E-state index contributed by atoms with van der Waals surface area (Å²) >= 11 is 4.65. The van der Waals surface area contributed by atoms with Gasteiger partial charge in [-0.25, -0.2) is 4.98 Å². The van der Waals surface area contributed by atoms with Crippen molar-refractivity contribution >= 4 is 50.4 Å². The summed E-state index contributed by atoms with van der Waals surface area (Å²) in [6, 6.07) is 5.58. The molecule has 0 saturated carbocycles. The van der Waals surface area contributed by atoms with Crippen LogP contribution >= 0.6 is 27.3 Å². The van der Waals surface area contributed by atoms with Crippen molar-refractivity contribution in [3.05, 3.63) is 45.4 Å². The average Bonchev–Trinajstić information content (AvgIpc) is 3.01. The van der Waals surface area contributed by atoms with Crippen molar-refractivity contribution in [2.75, 3.05) is 19.0 Å². The maximum Gasteiger partial charge on any atom is 0.311 e. The SMILES string of the molecule is CCOc1ccc(Br)cc1/C=C/C(=O)Nc1nc(CC(=O)OC)cs1. The van der Waals surface area contributed by atoms with E-state index in [0.717, 1.165) is 10.0 Å². The van der Waals surface area contributed by atoms with E-state index in [1.54, 1.807) is 11.5 Å². The molecule has 2 rings (SSSR count). The highest BCUT2D eigenvalue weighted by Gasteiger charge is 2.09. The van der Waals surface area contributed by atoms with Gasteiger partial charge in [-0.15, -0.1) is 11.3 Å². The molecule has 1 amide bonds. The van der Waals surface area contributed by atoms with Crippen LogP contribution in [0, 0.1) is 0 Å². The van der Waals surface area contributed by atoms with Crippen LogP contribution < -0.4 is 10.1 Å². The number of rotatable bonds is 7. The van der Waals surface area contributed by atoms with Gasteiger partial charge >= 0.3 is 5.97 Å².